The Morgan fingerprint density at radius 1 is 1.14 bits per heavy atom. The number of alkyl halides is 2. The van der Waals surface area contributed by atoms with Gasteiger partial charge in [0.05, 0.1) is 24.9 Å². The highest BCUT2D eigenvalue weighted by Crippen LogP contribution is 2.34. The number of likely N-dealkylation sites (N-methyl/N-ethyl adjacent to an activating group) is 1. The Balaban J connectivity index is 1.29. The van der Waals surface area contributed by atoms with E-state index in [1.807, 2.05) is 18.2 Å². The lowest BCUT2D eigenvalue weighted by atomic mass is 10.0. The number of hydrogen-bond acceptors (Lipinski definition) is 11. The molecule has 2 aliphatic heterocycles. The number of likely N-dealkylation sites (tertiary alicyclic amines) is 1. The minimum Gasteiger partial charge on any atom is -0.483 e. The van der Waals surface area contributed by atoms with Crippen LogP contribution in [0.15, 0.2) is 42.7 Å². The molecule has 2 saturated heterocycles. The Hall–Kier alpha value is -4.61. The SMILES string of the molecule is COc1nc(Nc2cc(-c3ccc(OC4CCN(C(=O)C(C)O)CC4(F)F)c(C#N)c3)ncn2)ccc1N1CCN(C)CC1. The van der Waals surface area contributed by atoms with Gasteiger partial charge in [-0.3, -0.25) is 4.79 Å². The van der Waals surface area contributed by atoms with Crippen molar-refractivity contribution in [3.05, 3.63) is 48.3 Å². The second kappa shape index (κ2) is 12.9. The van der Waals surface area contributed by atoms with Gasteiger partial charge in [0.2, 0.25) is 5.88 Å². The number of ether oxygens (including phenoxy) is 2. The number of piperidine rings is 1. The summed E-state index contributed by atoms with van der Waals surface area (Å²) in [4.78, 5) is 30.6. The summed E-state index contributed by atoms with van der Waals surface area (Å²) in [6.07, 6.45) is -1.70. The van der Waals surface area contributed by atoms with Gasteiger partial charge in [-0.05, 0) is 44.3 Å². The van der Waals surface area contributed by atoms with Gasteiger partial charge in [0, 0.05) is 50.8 Å². The van der Waals surface area contributed by atoms with E-state index in [-0.39, 0.29) is 24.3 Å². The molecule has 0 spiro atoms. The van der Waals surface area contributed by atoms with Crippen LogP contribution in [0.4, 0.5) is 26.1 Å². The molecule has 44 heavy (non-hydrogen) atoms. The van der Waals surface area contributed by atoms with Crippen LogP contribution in [0.2, 0.25) is 0 Å². The molecule has 12 nitrogen and oxygen atoms in total. The fourth-order valence-corrected chi connectivity index (χ4v) is 5.21. The molecule has 5 rings (SSSR count). The molecule has 0 bridgehead atoms. The number of nitrogens with zero attached hydrogens (tertiary/aromatic N) is 7. The van der Waals surface area contributed by atoms with Crippen LogP contribution >= 0.6 is 0 Å². The van der Waals surface area contributed by atoms with Crippen molar-refractivity contribution in [1.29, 1.82) is 5.26 Å². The summed E-state index contributed by atoms with van der Waals surface area (Å²) < 4.78 is 41.0. The molecule has 2 aromatic heterocycles. The Morgan fingerprint density at radius 3 is 2.59 bits per heavy atom. The van der Waals surface area contributed by atoms with Crippen LogP contribution in [0.1, 0.15) is 18.9 Å². The normalized spacial score (nSPS) is 19.2. The second-order valence-electron chi connectivity index (χ2n) is 10.8. The number of carbonyl (C=O) groups is 1. The number of aromatic nitrogens is 3. The summed E-state index contributed by atoms with van der Waals surface area (Å²) in [5.41, 5.74) is 2.01. The number of nitriles is 1. The van der Waals surface area contributed by atoms with Gasteiger partial charge >= 0.3 is 5.92 Å². The van der Waals surface area contributed by atoms with Gasteiger partial charge in [-0.1, -0.05) is 0 Å². The third-order valence-electron chi connectivity index (χ3n) is 7.67. The largest absolute Gasteiger partial charge is 0.483 e. The average molecular weight is 609 g/mol. The highest BCUT2D eigenvalue weighted by Gasteiger charge is 2.48. The molecule has 2 fully saturated rings. The molecule has 14 heteroatoms. The number of methoxy groups -OCH3 is 1. The molecule has 0 saturated carbocycles. The lowest BCUT2D eigenvalue weighted by molar-refractivity contribution is -0.165. The molecule has 232 valence electrons. The van der Waals surface area contributed by atoms with Crippen LogP contribution in [-0.2, 0) is 4.79 Å². The Labute approximate surface area is 253 Å². The topological polar surface area (TPSA) is 140 Å². The first kappa shape index (κ1) is 30.8. The molecule has 1 amide bonds. The number of halogens is 2. The Kier molecular flexibility index (Phi) is 9.07. The number of hydrogen-bond donors (Lipinski definition) is 2. The molecule has 2 aliphatic rings. The van der Waals surface area contributed by atoms with E-state index in [1.54, 1.807) is 19.2 Å². The van der Waals surface area contributed by atoms with Crippen molar-refractivity contribution in [3.8, 4) is 29.0 Å². The van der Waals surface area contributed by atoms with E-state index in [0.717, 1.165) is 36.8 Å². The van der Waals surface area contributed by atoms with Gasteiger partial charge < -0.3 is 34.6 Å². The molecule has 2 unspecified atom stereocenters. The number of amides is 1. The molecular weight excluding hydrogens is 574 g/mol. The summed E-state index contributed by atoms with van der Waals surface area (Å²) in [6.45, 7) is 4.01. The summed E-state index contributed by atoms with van der Waals surface area (Å²) in [5.74, 6) is -2.67. The number of carbonyl (C=O) groups excluding carboxylic acids is 1. The summed E-state index contributed by atoms with van der Waals surface area (Å²) >= 11 is 0. The van der Waals surface area contributed by atoms with Crippen LogP contribution in [0.5, 0.6) is 11.6 Å². The van der Waals surface area contributed by atoms with Crippen LogP contribution in [0, 0.1) is 11.3 Å². The van der Waals surface area contributed by atoms with E-state index >= 15 is 0 Å². The van der Waals surface area contributed by atoms with Crippen molar-refractivity contribution < 1.29 is 28.2 Å². The van der Waals surface area contributed by atoms with E-state index in [9.17, 15) is 23.9 Å². The zero-order valence-electron chi connectivity index (χ0n) is 24.7. The molecular formula is C30H34F2N8O4. The van der Waals surface area contributed by atoms with Crippen molar-refractivity contribution in [1.82, 2.24) is 24.8 Å². The van der Waals surface area contributed by atoms with Gasteiger partial charge in [0.1, 0.15) is 41.6 Å². The number of piperazine rings is 1. The van der Waals surface area contributed by atoms with Gasteiger partial charge in [-0.25, -0.2) is 18.7 Å². The van der Waals surface area contributed by atoms with Crippen molar-refractivity contribution >= 4 is 23.2 Å². The average Bonchev–Trinajstić information content (AvgIpc) is 3.02. The predicted octanol–water partition coefficient (Wildman–Crippen LogP) is 2.91. The minimum atomic E-state index is -3.37. The van der Waals surface area contributed by atoms with Gasteiger partial charge in [0.25, 0.3) is 5.91 Å². The number of pyridine rings is 1. The first-order valence-electron chi connectivity index (χ1n) is 14.2. The lowest BCUT2D eigenvalue weighted by Crippen LogP contribution is -2.56. The van der Waals surface area contributed by atoms with Gasteiger partial charge in [-0.15, -0.1) is 0 Å². The summed E-state index contributed by atoms with van der Waals surface area (Å²) in [6, 6.07) is 12.1. The maximum atomic E-state index is 14.9. The number of nitrogens with one attached hydrogen (secondary N) is 1. The predicted molar refractivity (Wildman–Crippen MR) is 158 cm³/mol. The fourth-order valence-electron chi connectivity index (χ4n) is 5.21. The summed E-state index contributed by atoms with van der Waals surface area (Å²) in [5, 5.41) is 22.4. The van der Waals surface area contributed by atoms with Crippen molar-refractivity contribution in [2.45, 2.75) is 31.5 Å². The highest BCUT2D eigenvalue weighted by atomic mass is 19.3. The molecule has 2 atom stereocenters. The van der Waals surface area contributed by atoms with E-state index in [4.69, 9.17) is 9.47 Å². The number of rotatable bonds is 8. The molecule has 0 aliphatic carbocycles. The second-order valence-corrected chi connectivity index (χ2v) is 10.8. The zero-order chi connectivity index (χ0) is 31.4. The van der Waals surface area contributed by atoms with Gasteiger partial charge in [-0.2, -0.15) is 10.2 Å². The number of aliphatic hydroxyl groups is 1. The standard InChI is InChI=1S/C30H34F2N8O4/c1-19(41)29(42)40-9-8-25(30(31,32)17-40)44-24-6-4-20(14-21(24)16-33)22-15-27(35-18-34-22)36-26-7-5-23(28(37-26)43-3)39-12-10-38(2)11-13-39/h4-7,14-15,18-19,25,41H,8-13,17H2,1-3H3,(H,34,35,36,37). The molecule has 3 aromatic rings. The maximum Gasteiger partial charge on any atom is 0.301 e. The minimum absolute atomic E-state index is 0.0000157. The molecule has 0 radical (unpaired) electrons. The summed E-state index contributed by atoms with van der Waals surface area (Å²) in [7, 11) is 3.68. The quantitative estimate of drug-likeness (QED) is 0.390. The van der Waals surface area contributed by atoms with Crippen LogP contribution in [0.25, 0.3) is 11.3 Å². The Bertz CT molecular complexity index is 1540. The highest BCUT2D eigenvalue weighted by molar-refractivity contribution is 5.80. The van der Waals surface area contributed by atoms with Crippen LogP contribution in [0.3, 0.4) is 0 Å². The smallest absolute Gasteiger partial charge is 0.301 e. The number of anilines is 3. The third kappa shape index (κ3) is 6.79. The third-order valence-corrected chi connectivity index (χ3v) is 7.67. The van der Waals surface area contributed by atoms with Crippen molar-refractivity contribution in [2.75, 3.05) is 63.6 Å². The van der Waals surface area contributed by atoms with Crippen LogP contribution in [-0.4, -0.2) is 107 Å². The zero-order valence-corrected chi connectivity index (χ0v) is 24.7. The number of aliphatic hydroxyl groups excluding tert-OH is 1. The molecule has 4 heterocycles. The number of benzene rings is 1. The Morgan fingerprint density at radius 2 is 1.91 bits per heavy atom. The van der Waals surface area contributed by atoms with E-state index in [1.165, 1.54) is 25.4 Å². The van der Waals surface area contributed by atoms with E-state index < -0.39 is 30.6 Å². The first-order chi connectivity index (χ1) is 21.1. The van der Waals surface area contributed by atoms with E-state index in [2.05, 4.69) is 37.1 Å². The fraction of sp³-hybridized carbons (Fsp3) is 0.433. The molecule has 2 N–H and O–H groups in total. The van der Waals surface area contributed by atoms with Gasteiger partial charge in [0.15, 0.2) is 6.10 Å². The van der Waals surface area contributed by atoms with Crippen molar-refractivity contribution in [3.63, 3.8) is 0 Å². The van der Waals surface area contributed by atoms with Crippen LogP contribution < -0.4 is 19.7 Å². The molecule has 1 aromatic carbocycles. The lowest BCUT2D eigenvalue weighted by Gasteiger charge is -2.38. The van der Waals surface area contributed by atoms with Crippen molar-refractivity contribution in [2.24, 2.45) is 0 Å². The van der Waals surface area contributed by atoms with E-state index in [0.29, 0.717) is 28.8 Å². The first-order valence-corrected chi connectivity index (χ1v) is 14.2. The maximum absolute atomic E-state index is 14.9. The monoisotopic (exact) mass is 608 g/mol.